The van der Waals surface area contributed by atoms with Crippen LogP contribution in [0.25, 0.3) is 0 Å². The SMILES string of the molecule is CC1(C)CC(N)CC(C)(CS)C1. The van der Waals surface area contributed by atoms with Gasteiger partial charge in [0, 0.05) is 6.04 Å². The number of rotatable bonds is 1. The van der Waals surface area contributed by atoms with Gasteiger partial charge in [-0.3, -0.25) is 0 Å². The van der Waals surface area contributed by atoms with Crippen LogP contribution < -0.4 is 5.73 Å². The minimum atomic E-state index is 0.365. The van der Waals surface area contributed by atoms with Crippen molar-refractivity contribution in [2.75, 3.05) is 5.75 Å². The zero-order valence-electron chi connectivity index (χ0n) is 8.43. The van der Waals surface area contributed by atoms with E-state index < -0.39 is 0 Å². The molecule has 0 spiro atoms. The maximum atomic E-state index is 6.03. The van der Waals surface area contributed by atoms with Crippen molar-refractivity contribution in [3.63, 3.8) is 0 Å². The Balaban J connectivity index is 2.70. The fourth-order valence-corrected chi connectivity index (χ4v) is 3.08. The van der Waals surface area contributed by atoms with Crippen LogP contribution in [-0.4, -0.2) is 11.8 Å². The largest absolute Gasteiger partial charge is 0.328 e. The Bertz CT molecular complexity index is 167. The van der Waals surface area contributed by atoms with Crippen LogP contribution in [0.1, 0.15) is 40.0 Å². The van der Waals surface area contributed by atoms with Crippen LogP contribution >= 0.6 is 12.6 Å². The summed E-state index contributed by atoms with van der Waals surface area (Å²) in [5.41, 5.74) is 6.80. The molecule has 1 rings (SSSR count). The number of hydrogen-bond donors (Lipinski definition) is 2. The molecule has 0 aromatic heterocycles. The average Bonchev–Trinajstić information content (AvgIpc) is 1.82. The number of nitrogens with two attached hydrogens (primary N) is 1. The lowest BCUT2D eigenvalue weighted by Gasteiger charge is -2.45. The summed E-state index contributed by atoms with van der Waals surface area (Å²) < 4.78 is 0. The lowest BCUT2D eigenvalue weighted by atomic mass is 9.64. The first-order valence-electron chi connectivity index (χ1n) is 4.73. The predicted molar refractivity (Wildman–Crippen MR) is 57.6 cm³/mol. The van der Waals surface area contributed by atoms with E-state index in [0.717, 1.165) is 18.6 Å². The van der Waals surface area contributed by atoms with Crippen LogP contribution in [0, 0.1) is 10.8 Å². The Morgan fingerprint density at radius 1 is 1.33 bits per heavy atom. The summed E-state index contributed by atoms with van der Waals surface area (Å²) in [6.07, 6.45) is 3.56. The number of hydrogen-bond acceptors (Lipinski definition) is 2. The van der Waals surface area contributed by atoms with Crippen molar-refractivity contribution in [3.05, 3.63) is 0 Å². The van der Waals surface area contributed by atoms with Crippen LogP contribution in [0.4, 0.5) is 0 Å². The van der Waals surface area contributed by atoms with Crippen LogP contribution in [0.15, 0.2) is 0 Å². The molecule has 0 bridgehead atoms. The molecule has 2 heteroatoms. The van der Waals surface area contributed by atoms with Crippen LogP contribution in [-0.2, 0) is 0 Å². The highest BCUT2D eigenvalue weighted by molar-refractivity contribution is 7.80. The van der Waals surface area contributed by atoms with E-state index in [9.17, 15) is 0 Å². The molecule has 1 saturated carbocycles. The molecule has 12 heavy (non-hydrogen) atoms. The summed E-state index contributed by atoms with van der Waals surface area (Å²) >= 11 is 4.41. The van der Waals surface area contributed by atoms with E-state index in [1.807, 2.05) is 0 Å². The van der Waals surface area contributed by atoms with E-state index in [-0.39, 0.29) is 0 Å². The van der Waals surface area contributed by atoms with Gasteiger partial charge in [0.15, 0.2) is 0 Å². The quantitative estimate of drug-likeness (QED) is 0.606. The minimum absolute atomic E-state index is 0.365. The Kier molecular flexibility index (Phi) is 2.79. The van der Waals surface area contributed by atoms with Crippen molar-refractivity contribution < 1.29 is 0 Å². The lowest BCUT2D eigenvalue weighted by molar-refractivity contribution is 0.103. The zero-order valence-corrected chi connectivity index (χ0v) is 9.32. The average molecular weight is 187 g/mol. The molecule has 1 fully saturated rings. The molecule has 0 aromatic carbocycles. The smallest absolute Gasteiger partial charge is 0.00493 e. The molecule has 72 valence electrons. The third kappa shape index (κ3) is 2.40. The maximum absolute atomic E-state index is 6.03. The van der Waals surface area contributed by atoms with E-state index in [2.05, 4.69) is 33.4 Å². The van der Waals surface area contributed by atoms with Crippen molar-refractivity contribution in [1.82, 2.24) is 0 Å². The van der Waals surface area contributed by atoms with E-state index in [4.69, 9.17) is 5.73 Å². The molecule has 1 aliphatic rings. The van der Waals surface area contributed by atoms with Gasteiger partial charge in [0.2, 0.25) is 0 Å². The van der Waals surface area contributed by atoms with Gasteiger partial charge in [0.25, 0.3) is 0 Å². The van der Waals surface area contributed by atoms with Gasteiger partial charge in [-0.05, 0) is 35.8 Å². The normalized spacial score (nSPS) is 41.2. The van der Waals surface area contributed by atoms with Gasteiger partial charge in [-0.2, -0.15) is 12.6 Å². The van der Waals surface area contributed by atoms with Crippen LogP contribution in [0.2, 0.25) is 0 Å². The molecule has 0 radical (unpaired) electrons. The van der Waals surface area contributed by atoms with Crippen molar-refractivity contribution in [2.45, 2.75) is 46.1 Å². The van der Waals surface area contributed by atoms with Crippen molar-refractivity contribution in [1.29, 1.82) is 0 Å². The molecule has 0 heterocycles. The van der Waals surface area contributed by atoms with Crippen LogP contribution in [0.3, 0.4) is 0 Å². The van der Waals surface area contributed by atoms with Gasteiger partial charge >= 0.3 is 0 Å². The van der Waals surface area contributed by atoms with Gasteiger partial charge in [0.05, 0.1) is 0 Å². The molecule has 1 aliphatic carbocycles. The highest BCUT2D eigenvalue weighted by Gasteiger charge is 2.38. The fourth-order valence-electron chi connectivity index (χ4n) is 2.84. The summed E-state index contributed by atoms with van der Waals surface area (Å²) in [5, 5.41) is 0. The maximum Gasteiger partial charge on any atom is 0.00493 e. The van der Waals surface area contributed by atoms with E-state index in [1.165, 1.54) is 6.42 Å². The fraction of sp³-hybridized carbons (Fsp3) is 1.00. The highest BCUT2D eigenvalue weighted by atomic mass is 32.1. The minimum Gasteiger partial charge on any atom is -0.328 e. The Labute approximate surface area is 81.5 Å². The summed E-state index contributed by atoms with van der Waals surface area (Å²) in [6.45, 7) is 6.93. The monoisotopic (exact) mass is 187 g/mol. The molecule has 0 amide bonds. The second-order valence-electron chi connectivity index (χ2n) is 5.48. The van der Waals surface area contributed by atoms with E-state index in [0.29, 0.717) is 16.9 Å². The Morgan fingerprint density at radius 2 is 1.92 bits per heavy atom. The van der Waals surface area contributed by atoms with Crippen LogP contribution in [0.5, 0.6) is 0 Å². The van der Waals surface area contributed by atoms with Gasteiger partial charge in [0.1, 0.15) is 0 Å². The summed E-state index contributed by atoms with van der Waals surface area (Å²) in [4.78, 5) is 0. The molecule has 2 N–H and O–H groups in total. The first-order valence-corrected chi connectivity index (χ1v) is 5.37. The van der Waals surface area contributed by atoms with Gasteiger partial charge in [-0.25, -0.2) is 0 Å². The van der Waals surface area contributed by atoms with E-state index in [1.54, 1.807) is 0 Å². The first kappa shape index (κ1) is 10.4. The third-order valence-electron chi connectivity index (χ3n) is 2.86. The molecular formula is C10H21NS. The second kappa shape index (κ2) is 3.22. The second-order valence-corrected chi connectivity index (χ2v) is 5.79. The van der Waals surface area contributed by atoms with Crippen molar-refractivity contribution in [2.24, 2.45) is 16.6 Å². The van der Waals surface area contributed by atoms with Gasteiger partial charge in [-0.1, -0.05) is 20.8 Å². The molecule has 2 unspecified atom stereocenters. The Morgan fingerprint density at radius 3 is 2.33 bits per heavy atom. The molecular weight excluding hydrogens is 166 g/mol. The van der Waals surface area contributed by atoms with Crippen molar-refractivity contribution in [3.8, 4) is 0 Å². The Hall–Kier alpha value is 0.310. The zero-order chi connectivity index (χ0) is 9.41. The van der Waals surface area contributed by atoms with E-state index >= 15 is 0 Å². The highest BCUT2D eigenvalue weighted by Crippen LogP contribution is 2.45. The molecule has 1 nitrogen and oxygen atoms in total. The first-order chi connectivity index (χ1) is 5.37. The standard InChI is InChI=1S/C10H21NS/c1-9(2)4-8(11)5-10(3,6-9)7-12/h8,12H,4-7,11H2,1-3H3. The lowest BCUT2D eigenvalue weighted by Crippen LogP contribution is -2.43. The molecule has 0 aromatic rings. The summed E-state index contributed by atoms with van der Waals surface area (Å²) in [7, 11) is 0. The van der Waals surface area contributed by atoms with Gasteiger partial charge in [-0.15, -0.1) is 0 Å². The topological polar surface area (TPSA) is 26.0 Å². The summed E-state index contributed by atoms with van der Waals surface area (Å²) in [5.74, 6) is 0.962. The predicted octanol–water partition coefficient (Wildman–Crippen LogP) is 2.46. The number of thiol groups is 1. The molecule has 0 saturated heterocycles. The molecule has 0 aliphatic heterocycles. The van der Waals surface area contributed by atoms with Crippen molar-refractivity contribution >= 4 is 12.6 Å². The molecule has 2 atom stereocenters. The third-order valence-corrected chi connectivity index (χ3v) is 3.62. The van der Waals surface area contributed by atoms with Gasteiger partial charge < -0.3 is 5.73 Å². The summed E-state index contributed by atoms with van der Waals surface area (Å²) in [6, 6.07) is 0.380.